The lowest BCUT2D eigenvalue weighted by atomic mass is 9.97. The van der Waals surface area contributed by atoms with Crippen LogP contribution in [0.2, 0.25) is 0 Å². The molecule has 0 radical (unpaired) electrons. The van der Waals surface area contributed by atoms with Crippen LogP contribution in [0.3, 0.4) is 0 Å². The molecule has 0 aliphatic carbocycles. The molecule has 1 N–H and O–H groups in total. The lowest BCUT2D eigenvalue weighted by Crippen LogP contribution is -2.40. The van der Waals surface area contributed by atoms with E-state index < -0.39 is 0 Å². The van der Waals surface area contributed by atoms with Crippen LogP contribution in [0.25, 0.3) is 0 Å². The minimum absolute atomic E-state index is 0.122. The molecule has 1 unspecified atom stereocenters. The van der Waals surface area contributed by atoms with Gasteiger partial charge in [-0.25, -0.2) is 0 Å². The molecule has 3 nitrogen and oxygen atoms in total. The summed E-state index contributed by atoms with van der Waals surface area (Å²) in [6.07, 6.45) is 2.11. The van der Waals surface area contributed by atoms with Gasteiger partial charge in [-0.3, -0.25) is 5.32 Å². The second-order valence-corrected chi connectivity index (χ2v) is 4.40. The first-order valence-corrected chi connectivity index (χ1v) is 5.44. The Kier molecular flexibility index (Phi) is 2.60. The predicted octanol–water partition coefficient (Wildman–Crippen LogP) is 0.802. The summed E-state index contributed by atoms with van der Waals surface area (Å²) < 4.78 is 11.2. The molecule has 0 aromatic heterocycles. The summed E-state index contributed by atoms with van der Waals surface area (Å²) in [5.74, 6) is 1.11. The summed E-state index contributed by atoms with van der Waals surface area (Å²) >= 11 is 1.86. The highest BCUT2D eigenvalue weighted by Gasteiger charge is 2.41. The van der Waals surface area contributed by atoms with Crippen molar-refractivity contribution < 1.29 is 9.47 Å². The van der Waals surface area contributed by atoms with Gasteiger partial charge in [0.1, 0.15) is 0 Å². The summed E-state index contributed by atoms with van der Waals surface area (Å²) in [6, 6.07) is 0. The fourth-order valence-electron chi connectivity index (χ4n) is 1.67. The van der Waals surface area contributed by atoms with E-state index in [1.165, 1.54) is 0 Å². The van der Waals surface area contributed by atoms with Crippen molar-refractivity contribution in [3.8, 4) is 0 Å². The normalized spacial score (nSPS) is 34.2. The van der Waals surface area contributed by atoms with E-state index in [1.807, 2.05) is 18.8 Å². The Labute approximate surface area is 77.2 Å². The quantitative estimate of drug-likeness (QED) is 0.661. The summed E-state index contributed by atoms with van der Waals surface area (Å²) in [6.45, 7) is 1.72. The molecule has 70 valence electrons. The molecular weight excluding hydrogens is 174 g/mol. The zero-order chi connectivity index (χ0) is 8.44. The molecule has 0 bridgehead atoms. The highest BCUT2D eigenvalue weighted by Crippen LogP contribution is 2.38. The fraction of sp³-hybridized carbons (Fsp3) is 1.00. The van der Waals surface area contributed by atoms with E-state index in [1.54, 1.807) is 0 Å². The molecule has 2 heterocycles. The zero-order valence-electron chi connectivity index (χ0n) is 7.34. The Morgan fingerprint density at radius 2 is 2.17 bits per heavy atom. The summed E-state index contributed by atoms with van der Waals surface area (Å²) in [5.41, 5.74) is 0.319. The van der Waals surface area contributed by atoms with Crippen LogP contribution in [-0.4, -0.2) is 37.2 Å². The highest BCUT2D eigenvalue weighted by molar-refractivity contribution is 8.00. The monoisotopic (exact) mass is 189 g/mol. The molecular formula is C8H15NO2S. The molecule has 0 saturated carbocycles. The summed E-state index contributed by atoms with van der Waals surface area (Å²) in [4.78, 5) is 0. The van der Waals surface area contributed by atoms with E-state index in [4.69, 9.17) is 9.47 Å². The predicted molar refractivity (Wildman–Crippen MR) is 49.2 cm³/mol. The molecule has 2 saturated heterocycles. The van der Waals surface area contributed by atoms with Crippen molar-refractivity contribution in [2.45, 2.75) is 24.0 Å². The van der Waals surface area contributed by atoms with Gasteiger partial charge in [-0.1, -0.05) is 0 Å². The van der Waals surface area contributed by atoms with Gasteiger partial charge in [-0.05, 0) is 7.05 Å². The van der Waals surface area contributed by atoms with Crippen LogP contribution >= 0.6 is 11.8 Å². The van der Waals surface area contributed by atoms with Gasteiger partial charge in [0.05, 0.1) is 5.60 Å². The Morgan fingerprint density at radius 3 is 2.75 bits per heavy atom. The Hall–Kier alpha value is 0.230. The SMILES string of the molecule is CNC1OC2(CCOCC2)CS1. The molecule has 2 aliphatic rings. The van der Waals surface area contributed by atoms with E-state index in [0.717, 1.165) is 31.8 Å². The van der Waals surface area contributed by atoms with Gasteiger partial charge >= 0.3 is 0 Å². The second kappa shape index (κ2) is 3.54. The first kappa shape index (κ1) is 8.81. The third-order valence-corrected chi connectivity index (χ3v) is 3.82. The maximum absolute atomic E-state index is 5.91. The second-order valence-electron chi connectivity index (χ2n) is 3.34. The molecule has 1 atom stereocenters. The Morgan fingerprint density at radius 1 is 1.42 bits per heavy atom. The number of ether oxygens (including phenoxy) is 2. The average Bonchev–Trinajstić information content (AvgIpc) is 2.50. The van der Waals surface area contributed by atoms with E-state index in [-0.39, 0.29) is 11.2 Å². The van der Waals surface area contributed by atoms with Gasteiger partial charge in [0.15, 0.2) is 5.56 Å². The lowest BCUT2D eigenvalue weighted by molar-refractivity contribution is -0.0992. The zero-order valence-corrected chi connectivity index (χ0v) is 8.15. The maximum Gasteiger partial charge on any atom is 0.156 e. The highest BCUT2D eigenvalue weighted by atomic mass is 32.2. The molecule has 0 aromatic carbocycles. The molecule has 12 heavy (non-hydrogen) atoms. The smallest absolute Gasteiger partial charge is 0.156 e. The van der Waals surface area contributed by atoms with E-state index in [0.29, 0.717) is 0 Å². The van der Waals surface area contributed by atoms with Crippen molar-refractivity contribution in [2.75, 3.05) is 26.0 Å². The van der Waals surface area contributed by atoms with Gasteiger partial charge in [0.25, 0.3) is 0 Å². The number of rotatable bonds is 1. The number of hydrogen-bond acceptors (Lipinski definition) is 4. The molecule has 0 amide bonds. The van der Waals surface area contributed by atoms with E-state index in [9.17, 15) is 0 Å². The van der Waals surface area contributed by atoms with Crippen LogP contribution in [-0.2, 0) is 9.47 Å². The standard InChI is InChI=1S/C8H15NO2S/c1-9-7-11-8(6-12-7)2-4-10-5-3-8/h7,9H,2-6H2,1H3. The molecule has 2 aliphatic heterocycles. The molecule has 2 rings (SSSR count). The van der Waals surface area contributed by atoms with Crippen LogP contribution < -0.4 is 5.32 Å². The third-order valence-electron chi connectivity index (χ3n) is 2.49. The van der Waals surface area contributed by atoms with Crippen LogP contribution in [0.15, 0.2) is 0 Å². The molecule has 4 heteroatoms. The van der Waals surface area contributed by atoms with Gasteiger partial charge in [-0.2, -0.15) is 0 Å². The van der Waals surface area contributed by atoms with Crippen LogP contribution in [0.5, 0.6) is 0 Å². The van der Waals surface area contributed by atoms with Crippen molar-refractivity contribution in [2.24, 2.45) is 0 Å². The van der Waals surface area contributed by atoms with Gasteiger partial charge in [-0.15, -0.1) is 11.8 Å². The summed E-state index contributed by atoms with van der Waals surface area (Å²) in [7, 11) is 1.94. The third kappa shape index (κ3) is 1.62. The van der Waals surface area contributed by atoms with Crippen molar-refractivity contribution in [1.29, 1.82) is 0 Å². The van der Waals surface area contributed by atoms with Gasteiger partial charge in [0.2, 0.25) is 0 Å². The Bertz CT molecular complexity index is 159. The van der Waals surface area contributed by atoms with E-state index in [2.05, 4.69) is 5.32 Å². The minimum Gasteiger partial charge on any atom is -0.381 e. The van der Waals surface area contributed by atoms with Crippen molar-refractivity contribution >= 4 is 11.8 Å². The van der Waals surface area contributed by atoms with Crippen LogP contribution in [0.4, 0.5) is 0 Å². The molecule has 1 spiro atoms. The topological polar surface area (TPSA) is 30.5 Å². The van der Waals surface area contributed by atoms with Crippen molar-refractivity contribution in [3.05, 3.63) is 0 Å². The van der Waals surface area contributed by atoms with Crippen molar-refractivity contribution in [3.63, 3.8) is 0 Å². The number of nitrogens with one attached hydrogen (secondary N) is 1. The first-order valence-electron chi connectivity index (χ1n) is 4.39. The molecule has 2 fully saturated rings. The number of thioether (sulfide) groups is 1. The summed E-state index contributed by atoms with van der Waals surface area (Å²) in [5, 5.41) is 3.14. The van der Waals surface area contributed by atoms with Gasteiger partial charge < -0.3 is 9.47 Å². The van der Waals surface area contributed by atoms with Crippen molar-refractivity contribution in [1.82, 2.24) is 5.32 Å². The van der Waals surface area contributed by atoms with Gasteiger partial charge in [0, 0.05) is 31.8 Å². The average molecular weight is 189 g/mol. The van der Waals surface area contributed by atoms with Crippen LogP contribution in [0, 0.1) is 0 Å². The fourth-order valence-corrected chi connectivity index (χ4v) is 2.92. The largest absolute Gasteiger partial charge is 0.381 e. The minimum atomic E-state index is 0.122. The van der Waals surface area contributed by atoms with Crippen LogP contribution in [0.1, 0.15) is 12.8 Å². The first-order chi connectivity index (χ1) is 5.85. The van der Waals surface area contributed by atoms with E-state index >= 15 is 0 Å². The number of hydrogen-bond donors (Lipinski definition) is 1. The maximum atomic E-state index is 5.91. The molecule has 0 aromatic rings. The lowest BCUT2D eigenvalue weighted by Gasteiger charge is -2.32. The Balaban J connectivity index is 1.94.